The minimum atomic E-state index is -1.82. The van der Waals surface area contributed by atoms with Gasteiger partial charge in [-0.2, -0.15) is 0 Å². The van der Waals surface area contributed by atoms with E-state index < -0.39 is 16.6 Å². The number of benzene rings is 2. The zero-order valence-corrected chi connectivity index (χ0v) is 22.4. The molecule has 0 aromatic heterocycles. The van der Waals surface area contributed by atoms with E-state index in [4.69, 9.17) is 0 Å². The summed E-state index contributed by atoms with van der Waals surface area (Å²) in [6, 6.07) is 14.5. The van der Waals surface area contributed by atoms with Crippen LogP contribution < -0.4 is 0 Å². The first-order valence-corrected chi connectivity index (χ1v) is 17.2. The molecular formula is C31H40Ti. The Kier molecular flexibility index (Phi) is 5.92. The number of aryl methyl sites for hydroxylation is 2. The predicted octanol–water partition coefficient (Wildman–Crippen LogP) is 9.73. The molecule has 1 aliphatic heterocycles. The van der Waals surface area contributed by atoms with Crippen LogP contribution in [0.3, 0.4) is 0 Å². The van der Waals surface area contributed by atoms with Crippen LogP contribution in [0.2, 0.25) is 18.4 Å². The molecule has 32 heavy (non-hydrogen) atoms. The van der Waals surface area contributed by atoms with Crippen molar-refractivity contribution in [1.82, 2.24) is 0 Å². The second kappa shape index (κ2) is 8.45. The maximum absolute atomic E-state index is 2.60. The zero-order chi connectivity index (χ0) is 22.5. The van der Waals surface area contributed by atoms with Gasteiger partial charge < -0.3 is 0 Å². The van der Waals surface area contributed by atoms with Crippen LogP contribution in [-0.4, -0.2) is 0 Å². The Hall–Kier alpha value is -1.37. The van der Waals surface area contributed by atoms with Crippen LogP contribution in [-0.2, 0) is 16.6 Å². The van der Waals surface area contributed by atoms with Gasteiger partial charge in [-0.3, -0.25) is 0 Å². The van der Waals surface area contributed by atoms with E-state index in [0.29, 0.717) is 5.92 Å². The van der Waals surface area contributed by atoms with Gasteiger partial charge in [-0.05, 0) is 0 Å². The van der Waals surface area contributed by atoms with Gasteiger partial charge in [0.25, 0.3) is 0 Å². The van der Waals surface area contributed by atoms with Gasteiger partial charge in [0, 0.05) is 0 Å². The molecule has 3 unspecified atom stereocenters. The van der Waals surface area contributed by atoms with E-state index in [-0.39, 0.29) is 5.41 Å². The topological polar surface area (TPSA) is 0 Å². The van der Waals surface area contributed by atoms with E-state index in [1.807, 2.05) is 0 Å². The Morgan fingerprint density at radius 2 is 1.59 bits per heavy atom. The molecule has 2 aliphatic carbocycles. The van der Waals surface area contributed by atoms with Crippen molar-refractivity contribution in [2.45, 2.75) is 84.6 Å². The number of hydrogen-bond donors (Lipinski definition) is 0. The fourth-order valence-corrected chi connectivity index (χ4v) is 17.7. The summed E-state index contributed by atoms with van der Waals surface area (Å²) in [6.07, 6.45) is 12.5. The Morgan fingerprint density at radius 1 is 0.969 bits per heavy atom. The summed E-state index contributed by atoms with van der Waals surface area (Å²) < 4.78 is 5.78. The number of fused-ring (bicyclic) bond motifs is 3. The molecule has 0 saturated carbocycles. The Morgan fingerprint density at radius 3 is 2.06 bits per heavy atom. The first-order valence-electron chi connectivity index (χ1n) is 13.0. The fraction of sp³-hybridized carbons (Fsp3) is 0.484. The monoisotopic (exact) mass is 460 g/mol. The van der Waals surface area contributed by atoms with Gasteiger partial charge in [0.05, 0.1) is 0 Å². The normalized spacial score (nSPS) is 25.4. The molecule has 168 valence electrons. The van der Waals surface area contributed by atoms with Gasteiger partial charge in [-0.15, -0.1) is 0 Å². The number of allylic oxidation sites excluding steroid dienone is 4. The standard InChI is InChI=1S/C24H25.C4H9.C3H6.Ti/c1-5-24(4,18-8-6-7-9-18)23-21-14-16(2)10-12-19(21)20-13-11-17(3)15-22(20)23;1-3-4-2;1-3-2;/h6-8,10-15,23H,4-5,9H2,1-3H3;1,3-4H2,2H3;3H,1H2,2H3;. The van der Waals surface area contributed by atoms with E-state index in [1.165, 1.54) is 46.2 Å². The molecule has 0 nitrogen and oxygen atoms in total. The second-order valence-electron chi connectivity index (χ2n) is 11.2. The van der Waals surface area contributed by atoms with Crippen molar-refractivity contribution in [2.24, 2.45) is 5.41 Å². The molecular weight excluding hydrogens is 420 g/mol. The molecule has 0 spiro atoms. The van der Waals surface area contributed by atoms with Crippen LogP contribution in [0.5, 0.6) is 0 Å². The van der Waals surface area contributed by atoms with Crippen molar-refractivity contribution in [3.05, 3.63) is 82.5 Å². The van der Waals surface area contributed by atoms with Crippen LogP contribution >= 0.6 is 0 Å². The van der Waals surface area contributed by atoms with E-state index in [9.17, 15) is 0 Å². The molecule has 0 bridgehead atoms. The summed E-state index contributed by atoms with van der Waals surface area (Å²) >= 11 is -1.82. The van der Waals surface area contributed by atoms with Crippen molar-refractivity contribution in [3.63, 3.8) is 0 Å². The van der Waals surface area contributed by atoms with Crippen molar-refractivity contribution in [1.29, 1.82) is 0 Å². The summed E-state index contributed by atoms with van der Waals surface area (Å²) in [5.74, 6) is 0.514. The average molecular weight is 461 g/mol. The average Bonchev–Trinajstić information content (AvgIpc) is 3.15. The quantitative estimate of drug-likeness (QED) is 0.344. The van der Waals surface area contributed by atoms with Gasteiger partial charge in [0.2, 0.25) is 0 Å². The van der Waals surface area contributed by atoms with Crippen molar-refractivity contribution < 1.29 is 16.6 Å². The molecule has 0 amide bonds. The molecule has 2 aromatic rings. The molecule has 1 heterocycles. The van der Waals surface area contributed by atoms with Crippen LogP contribution in [0.1, 0.15) is 74.6 Å². The zero-order valence-electron chi connectivity index (χ0n) is 20.8. The van der Waals surface area contributed by atoms with E-state index in [0.717, 1.165) is 10.6 Å². The number of hydrogen-bond acceptors (Lipinski definition) is 0. The Bertz CT molecular complexity index is 1040. The molecule has 1 heteroatoms. The molecule has 3 aliphatic rings. The number of rotatable bonds is 8. The van der Waals surface area contributed by atoms with Crippen LogP contribution in [0.25, 0.3) is 11.1 Å². The molecule has 5 rings (SSSR count). The summed E-state index contributed by atoms with van der Waals surface area (Å²) in [5.41, 5.74) is 11.0. The third-order valence-electron chi connectivity index (χ3n) is 9.21. The van der Waals surface area contributed by atoms with Crippen molar-refractivity contribution in [3.8, 4) is 11.1 Å². The number of unbranched alkanes of at least 4 members (excludes halogenated alkanes) is 1. The molecule has 1 fully saturated rings. The van der Waals surface area contributed by atoms with Gasteiger partial charge in [-0.1, -0.05) is 0 Å². The van der Waals surface area contributed by atoms with Gasteiger partial charge >= 0.3 is 200 Å². The van der Waals surface area contributed by atoms with Crippen LogP contribution in [0.4, 0.5) is 0 Å². The minimum absolute atomic E-state index is 0.281. The predicted molar refractivity (Wildman–Crippen MR) is 137 cm³/mol. The van der Waals surface area contributed by atoms with Crippen LogP contribution in [0, 0.1) is 19.3 Å². The maximum atomic E-state index is 2.60. The summed E-state index contributed by atoms with van der Waals surface area (Å²) in [7, 11) is 0. The fourth-order valence-electron chi connectivity index (χ4n) is 7.26. The van der Waals surface area contributed by atoms with E-state index in [2.05, 4.69) is 89.2 Å². The van der Waals surface area contributed by atoms with Crippen molar-refractivity contribution in [2.75, 3.05) is 0 Å². The summed E-state index contributed by atoms with van der Waals surface area (Å²) in [6.45, 7) is 12.0. The van der Waals surface area contributed by atoms with E-state index >= 15 is 0 Å². The van der Waals surface area contributed by atoms with Crippen molar-refractivity contribution >= 4 is 0 Å². The first kappa shape index (κ1) is 22.4. The molecule has 0 N–H and O–H groups in total. The van der Waals surface area contributed by atoms with Crippen LogP contribution in [0.15, 0.2) is 60.2 Å². The van der Waals surface area contributed by atoms with Gasteiger partial charge in [-0.25, -0.2) is 0 Å². The van der Waals surface area contributed by atoms with Gasteiger partial charge in [0.1, 0.15) is 0 Å². The molecule has 3 atom stereocenters. The second-order valence-corrected chi connectivity index (χ2v) is 19.0. The Labute approximate surface area is 199 Å². The molecule has 1 saturated heterocycles. The van der Waals surface area contributed by atoms with E-state index in [1.54, 1.807) is 26.2 Å². The third-order valence-corrected chi connectivity index (χ3v) is 18.4. The Balaban J connectivity index is 1.70. The summed E-state index contributed by atoms with van der Waals surface area (Å²) in [5, 5.41) is 0. The van der Waals surface area contributed by atoms with Gasteiger partial charge in [0.15, 0.2) is 0 Å². The summed E-state index contributed by atoms with van der Waals surface area (Å²) in [4.78, 5) is 0. The third kappa shape index (κ3) is 3.54. The first-order chi connectivity index (χ1) is 15.4. The SMILES string of the molecule is CCC[CH2][Ti]1([CH2]C(CC)(C2=CC=CC2)C2c3cc(C)ccc3-c3ccc(C)cc32)[CH2][CH]1C. The molecule has 2 aromatic carbocycles. The molecule has 0 radical (unpaired) electrons.